The fourth-order valence-electron chi connectivity index (χ4n) is 3.90. The molecule has 1 unspecified atom stereocenters. The molecule has 0 aliphatic heterocycles. The van der Waals surface area contributed by atoms with Gasteiger partial charge in [0.1, 0.15) is 6.61 Å². The van der Waals surface area contributed by atoms with Crippen molar-refractivity contribution in [1.82, 2.24) is 0 Å². The van der Waals surface area contributed by atoms with Gasteiger partial charge in [0, 0.05) is 17.2 Å². The molecular formula is C22H39BrO5. The molecule has 0 bridgehead atoms. The zero-order valence-electron chi connectivity index (χ0n) is 17.3. The molecule has 1 aliphatic carbocycles. The van der Waals surface area contributed by atoms with E-state index in [4.69, 9.17) is 9.84 Å². The first-order valence-electron chi connectivity index (χ1n) is 10.9. The number of rotatable bonds is 15. The van der Waals surface area contributed by atoms with Crippen LogP contribution < -0.4 is 0 Å². The van der Waals surface area contributed by atoms with E-state index in [2.05, 4.69) is 22.9 Å². The lowest BCUT2D eigenvalue weighted by Gasteiger charge is -2.20. The molecule has 164 valence electrons. The summed E-state index contributed by atoms with van der Waals surface area (Å²) in [6, 6.07) is 0. The van der Waals surface area contributed by atoms with E-state index >= 15 is 0 Å². The molecule has 3 N–H and O–H groups in total. The molecule has 0 amide bonds. The first-order valence-corrected chi connectivity index (χ1v) is 11.8. The largest absolute Gasteiger partial charge is 0.463 e. The lowest BCUT2D eigenvalue weighted by atomic mass is 9.89. The summed E-state index contributed by atoms with van der Waals surface area (Å²) >= 11 is 3.71. The average Bonchev–Trinajstić information content (AvgIpc) is 3.02. The number of alkyl halides is 1. The van der Waals surface area contributed by atoms with Gasteiger partial charge in [-0.15, -0.1) is 0 Å². The Morgan fingerprint density at radius 1 is 1.21 bits per heavy atom. The number of aliphatic hydroxyl groups is 3. The summed E-state index contributed by atoms with van der Waals surface area (Å²) in [6.07, 6.45) is 13.3. The maximum Gasteiger partial charge on any atom is 0.305 e. The highest BCUT2D eigenvalue weighted by Gasteiger charge is 2.33. The zero-order chi connectivity index (χ0) is 20.8. The number of hydrogen-bond acceptors (Lipinski definition) is 5. The van der Waals surface area contributed by atoms with Crippen molar-refractivity contribution in [3.63, 3.8) is 0 Å². The van der Waals surface area contributed by atoms with E-state index < -0.39 is 6.10 Å². The molecule has 1 saturated carbocycles. The molecule has 0 aromatic carbocycles. The van der Waals surface area contributed by atoms with Crippen molar-refractivity contribution in [2.45, 2.75) is 94.6 Å². The summed E-state index contributed by atoms with van der Waals surface area (Å²) in [6.45, 7) is 2.09. The quantitative estimate of drug-likeness (QED) is 0.147. The summed E-state index contributed by atoms with van der Waals surface area (Å²) in [5, 5.41) is 29.0. The lowest BCUT2D eigenvalue weighted by Crippen LogP contribution is -2.18. The van der Waals surface area contributed by atoms with E-state index in [-0.39, 0.29) is 31.2 Å². The van der Waals surface area contributed by atoms with Crippen molar-refractivity contribution in [1.29, 1.82) is 0 Å². The van der Waals surface area contributed by atoms with Gasteiger partial charge in [0.2, 0.25) is 0 Å². The second-order valence-corrected chi connectivity index (χ2v) is 9.24. The Kier molecular flexibility index (Phi) is 14.1. The van der Waals surface area contributed by atoms with Gasteiger partial charge in [0.15, 0.2) is 0 Å². The summed E-state index contributed by atoms with van der Waals surface area (Å²) in [4.78, 5) is 11.8. The third-order valence-corrected chi connectivity index (χ3v) is 6.50. The Labute approximate surface area is 178 Å². The van der Waals surface area contributed by atoms with E-state index in [1.807, 2.05) is 12.2 Å². The first kappa shape index (κ1) is 25.6. The highest BCUT2D eigenvalue weighted by Crippen LogP contribution is 2.37. The van der Waals surface area contributed by atoms with Crippen LogP contribution >= 0.6 is 15.9 Å². The molecule has 0 heterocycles. The van der Waals surface area contributed by atoms with E-state index in [1.54, 1.807) is 0 Å². The minimum atomic E-state index is -0.408. The van der Waals surface area contributed by atoms with Gasteiger partial charge in [-0.2, -0.15) is 0 Å². The predicted molar refractivity (Wildman–Crippen MR) is 115 cm³/mol. The Hall–Kier alpha value is -0.430. The summed E-state index contributed by atoms with van der Waals surface area (Å²) < 4.78 is 4.86. The third-order valence-electron chi connectivity index (χ3n) is 5.58. The Bertz CT molecular complexity index is 443. The van der Waals surface area contributed by atoms with Crippen molar-refractivity contribution in [3.05, 3.63) is 12.2 Å². The van der Waals surface area contributed by atoms with Crippen molar-refractivity contribution in [2.24, 2.45) is 11.8 Å². The van der Waals surface area contributed by atoms with Crippen LogP contribution in [0.2, 0.25) is 0 Å². The first-order chi connectivity index (χ1) is 13.5. The minimum Gasteiger partial charge on any atom is -0.463 e. The van der Waals surface area contributed by atoms with Gasteiger partial charge in [0.25, 0.3) is 0 Å². The van der Waals surface area contributed by atoms with Gasteiger partial charge < -0.3 is 20.1 Å². The van der Waals surface area contributed by atoms with Gasteiger partial charge in [-0.25, -0.2) is 0 Å². The molecule has 0 aromatic heterocycles. The molecule has 28 heavy (non-hydrogen) atoms. The van der Waals surface area contributed by atoms with Crippen LogP contribution in [0.5, 0.6) is 0 Å². The molecule has 0 aromatic rings. The van der Waals surface area contributed by atoms with E-state index in [0.717, 1.165) is 64.2 Å². The Balaban J connectivity index is 2.30. The molecule has 6 heteroatoms. The third kappa shape index (κ3) is 10.9. The van der Waals surface area contributed by atoms with Gasteiger partial charge in [0.05, 0.1) is 18.8 Å². The molecule has 0 spiro atoms. The van der Waals surface area contributed by atoms with Crippen molar-refractivity contribution >= 4 is 21.9 Å². The lowest BCUT2D eigenvalue weighted by molar-refractivity contribution is -0.144. The number of carbonyl (C=O) groups is 1. The van der Waals surface area contributed by atoms with Gasteiger partial charge in [-0.1, -0.05) is 54.3 Å². The SMILES string of the molecule is CCCCC[C@H](O)/C=C/[C@@H]1[C@@H](CCC(Br)CCCC(=O)OCCO)CC[C@H]1O. The summed E-state index contributed by atoms with van der Waals surface area (Å²) in [5.74, 6) is 0.327. The van der Waals surface area contributed by atoms with Gasteiger partial charge in [-0.05, 0) is 50.9 Å². The van der Waals surface area contributed by atoms with Crippen LogP contribution in [0.1, 0.15) is 77.6 Å². The van der Waals surface area contributed by atoms with Crippen LogP contribution in [0.4, 0.5) is 0 Å². The normalized spacial score (nSPS) is 24.5. The number of hydrogen-bond donors (Lipinski definition) is 3. The van der Waals surface area contributed by atoms with Crippen molar-refractivity contribution in [3.8, 4) is 0 Å². The second kappa shape index (κ2) is 15.4. The highest BCUT2D eigenvalue weighted by atomic mass is 79.9. The molecule has 5 nitrogen and oxygen atoms in total. The van der Waals surface area contributed by atoms with Crippen LogP contribution in [-0.4, -0.2) is 51.5 Å². The number of halogens is 1. The van der Waals surface area contributed by atoms with Gasteiger partial charge >= 0.3 is 5.97 Å². The summed E-state index contributed by atoms with van der Waals surface area (Å²) in [5.41, 5.74) is 0. The molecular weight excluding hydrogens is 424 g/mol. The number of esters is 1. The molecule has 1 fully saturated rings. The molecule has 0 radical (unpaired) electrons. The van der Waals surface area contributed by atoms with Crippen molar-refractivity contribution < 1.29 is 24.9 Å². The number of aliphatic hydroxyl groups excluding tert-OH is 3. The zero-order valence-corrected chi connectivity index (χ0v) is 18.9. The van der Waals surface area contributed by atoms with E-state index in [1.165, 1.54) is 0 Å². The predicted octanol–water partition coefficient (Wildman–Crippen LogP) is 4.12. The number of ether oxygens (including phenoxy) is 1. The molecule has 5 atom stereocenters. The molecule has 1 aliphatic rings. The van der Waals surface area contributed by atoms with Crippen LogP contribution in [0.25, 0.3) is 0 Å². The van der Waals surface area contributed by atoms with Crippen LogP contribution in [0.3, 0.4) is 0 Å². The topological polar surface area (TPSA) is 87.0 Å². The number of unbranched alkanes of at least 4 members (excludes halogenated alkanes) is 2. The van der Waals surface area contributed by atoms with Crippen LogP contribution in [-0.2, 0) is 9.53 Å². The Morgan fingerprint density at radius 3 is 2.71 bits per heavy atom. The maximum absolute atomic E-state index is 11.4. The molecule has 1 rings (SSSR count). The standard InChI is InChI=1S/C22H39BrO5/c1-2-3-4-7-19(25)12-13-20-17(10-14-21(20)26)9-11-18(23)6-5-8-22(27)28-16-15-24/h12-13,17-21,24-26H,2-11,14-16H2,1H3/b13-12+/t17-,18?,19-,20+,21+/m0/s1. The van der Waals surface area contributed by atoms with Crippen LogP contribution in [0.15, 0.2) is 12.2 Å². The fourth-order valence-corrected chi connectivity index (χ4v) is 4.49. The van der Waals surface area contributed by atoms with E-state index in [9.17, 15) is 15.0 Å². The second-order valence-electron chi connectivity index (χ2n) is 7.94. The maximum atomic E-state index is 11.4. The summed E-state index contributed by atoms with van der Waals surface area (Å²) in [7, 11) is 0. The average molecular weight is 463 g/mol. The van der Waals surface area contributed by atoms with E-state index in [0.29, 0.717) is 17.2 Å². The monoisotopic (exact) mass is 462 g/mol. The fraction of sp³-hybridized carbons (Fsp3) is 0.864. The smallest absolute Gasteiger partial charge is 0.305 e. The molecule has 0 saturated heterocycles. The Morgan fingerprint density at radius 2 is 2.00 bits per heavy atom. The highest BCUT2D eigenvalue weighted by molar-refractivity contribution is 9.09. The van der Waals surface area contributed by atoms with Crippen LogP contribution in [0, 0.1) is 11.8 Å². The minimum absolute atomic E-state index is 0.0722. The number of carbonyl (C=O) groups excluding carboxylic acids is 1. The van der Waals surface area contributed by atoms with Gasteiger partial charge in [-0.3, -0.25) is 4.79 Å². The van der Waals surface area contributed by atoms with Crippen molar-refractivity contribution in [2.75, 3.05) is 13.2 Å².